The molecule has 3 heterocycles. The molecule has 3 rings (SSSR count). The molecule has 0 aromatic carbocycles. The molecule has 0 amide bonds. The van der Waals surface area contributed by atoms with Crippen molar-refractivity contribution < 1.29 is 9.26 Å². The Bertz CT molecular complexity index is 545. The van der Waals surface area contributed by atoms with Gasteiger partial charge in [0.1, 0.15) is 5.00 Å². The van der Waals surface area contributed by atoms with Crippen LogP contribution in [0.3, 0.4) is 0 Å². The minimum atomic E-state index is 0.257. The van der Waals surface area contributed by atoms with Gasteiger partial charge < -0.3 is 14.6 Å². The van der Waals surface area contributed by atoms with Crippen molar-refractivity contribution in [1.82, 2.24) is 14.5 Å². The lowest BCUT2D eigenvalue weighted by Gasteiger charge is -1.98. The summed E-state index contributed by atoms with van der Waals surface area (Å²) >= 11 is 1.40. The summed E-state index contributed by atoms with van der Waals surface area (Å²) in [5.74, 6) is 1.52. The van der Waals surface area contributed by atoms with E-state index in [0.29, 0.717) is 12.5 Å². The van der Waals surface area contributed by atoms with Crippen molar-refractivity contribution in [2.24, 2.45) is 0 Å². The summed E-state index contributed by atoms with van der Waals surface area (Å²) in [4.78, 5) is 4.47. The number of anilines is 1. The van der Waals surface area contributed by atoms with Crippen LogP contribution in [0.4, 0.5) is 5.00 Å². The smallest absolute Gasteiger partial charge is 0.262 e. The molecule has 1 aliphatic rings. The van der Waals surface area contributed by atoms with Crippen molar-refractivity contribution in [3.05, 3.63) is 11.5 Å². The maximum absolute atomic E-state index is 5.35. The van der Waals surface area contributed by atoms with E-state index in [-0.39, 0.29) is 5.92 Å². The Hall–Kier alpha value is -1.47. The predicted octanol–water partition coefficient (Wildman–Crippen LogP) is 2.05. The molecule has 7 heteroatoms. The molecule has 2 aromatic rings. The van der Waals surface area contributed by atoms with Crippen molar-refractivity contribution in [3.8, 4) is 11.5 Å². The van der Waals surface area contributed by atoms with Gasteiger partial charge in [-0.2, -0.15) is 9.36 Å². The normalized spacial score (nSPS) is 19.3. The van der Waals surface area contributed by atoms with Gasteiger partial charge in [-0.25, -0.2) is 0 Å². The van der Waals surface area contributed by atoms with Gasteiger partial charge >= 0.3 is 0 Å². The number of hydrogen-bond donors (Lipinski definition) is 1. The largest absolute Gasteiger partial charge is 0.381 e. The first kappa shape index (κ1) is 11.6. The van der Waals surface area contributed by atoms with Crippen molar-refractivity contribution in [2.75, 3.05) is 25.6 Å². The lowest BCUT2D eigenvalue weighted by Crippen LogP contribution is -1.99. The second-order valence-electron chi connectivity index (χ2n) is 4.24. The highest BCUT2D eigenvalue weighted by atomic mass is 32.1. The number of ether oxygens (including phenoxy) is 1. The third-order valence-electron chi connectivity index (χ3n) is 3.04. The molecule has 1 N–H and O–H groups in total. The Morgan fingerprint density at radius 1 is 1.44 bits per heavy atom. The fraction of sp³-hybridized carbons (Fsp3) is 0.545. The molecule has 1 aliphatic heterocycles. The SMILES string of the molecule is CNc1snc(C)c1-c1nc(C2CCOC2)no1. The number of nitrogens with one attached hydrogen (secondary N) is 1. The summed E-state index contributed by atoms with van der Waals surface area (Å²) in [6.07, 6.45) is 0.957. The molecular formula is C11H14N4O2S. The minimum absolute atomic E-state index is 0.257. The van der Waals surface area contributed by atoms with Crippen LogP contribution >= 0.6 is 11.5 Å². The first-order valence-electron chi connectivity index (χ1n) is 5.85. The molecular weight excluding hydrogens is 252 g/mol. The summed E-state index contributed by atoms with van der Waals surface area (Å²) in [5.41, 5.74) is 1.81. The molecule has 1 unspecified atom stereocenters. The fourth-order valence-electron chi connectivity index (χ4n) is 2.03. The zero-order chi connectivity index (χ0) is 12.5. The molecule has 0 saturated carbocycles. The zero-order valence-electron chi connectivity index (χ0n) is 10.3. The zero-order valence-corrected chi connectivity index (χ0v) is 11.1. The molecule has 1 fully saturated rings. The average Bonchev–Trinajstić information content (AvgIpc) is 3.07. The van der Waals surface area contributed by atoms with Crippen LogP contribution in [0.15, 0.2) is 4.52 Å². The van der Waals surface area contributed by atoms with Crippen LogP contribution in [0.5, 0.6) is 0 Å². The monoisotopic (exact) mass is 266 g/mol. The fourth-order valence-corrected chi connectivity index (χ4v) is 2.77. The van der Waals surface area contributed by atoms with Crippen molar-refractivity contribution in [1.29, 1.82) is 0 Å². The van der Waals surface area contributed by atoms with E-state index in [0.717, 1.165) is 35.1 Å². The Morgan fingerprint density at radius 3 is 3.06 bits per heavy atom. The third kappa shape index (κ3) is 1.89. The first-order valence-corrected chi connectivity index (χ1v) is 6.62. The van der Waals surface area contributed by atoms with Gasteiger partial charge in [0.05, 0.1) is 17.9 Å². The van der Waals surface area contributed by atoms with Crippen LogP contribution in [0.1, 0.15) is 23.9 Å². The summed E-state index contributed by atoms with van der Waals surface area (Å²) in [5, 5.41) is 8.10. The molecule has 6 nitrogen and oxygen atoms in total. The van der Waals surface area contributed by atoms with E-state index < -0.39 is 0 Å². The second-order valence-corrected chi connectivity index (χ2v) is 5.01. The van der Waals surface area contributed by atoms with Crippen LogP contribution in [0.2, 0.25) is 0 Å². The van der Waals surface area contributed by atoms with Crippen LogP contribution < -0.4 is 5.32 Å². The highest BCUT2D eigenvalue weighted by Crippen LogP contribution is 2.34. The quantitative estimate of drug-likeness (QED) is 0.916. The molecule has 0 aliphatic carbocycles. The maximum atomic E-state index is 5.35. The number of aromatic nitrogens is 3. The predicted molar refractivity (Wildman–Crippen MR) is 67.9 cm³/mol. The topological polar surface area (TPSA) is 73.1 Å². The van der Waals surface area contributed by atoms with Gasteiger partial charge in [-0.15, -0.1) is 0 Å². The number of rotatable bonds is 3. The Balaban J connectivity index is 1.94. The molecule has 0 radical (unpaired) electrons. The lowest BCUT2D eigenvalue weighted by molar-refractivity contribution is 0.192. The molecule has 96 valence electrons. The van der Waals surface area contributed by atoms with Crippen molar-refractivity contribution >= 4 is 16.5 Å². The van der Waals surface area contributed by atoms with Gasteiger partial charge in [0.15, 0.2) is 5.82 Å². The Labute approximate surface area is 109 Å². The van der Waals surface area contributed by atoms with Crippen LogP contribution in [0, 0.1) is 6.92 Å². The maximum Gasteiger partial charge on any atom is 0.262 e. The Morgan fingerprint density at radius 2 is 2.33 bits per heavy atom. The number of nitrogens with zero attached hydrogens (tertiary/aromatic N) is 3. The summed E-state index contributed by atoms with van der Waals surface area (Å²) in [6, 6.07) is 0. The lowest BCUT2D eigenvalue weighted by atomic mass is 10.1. The van der Waals surface area contributed by atoms with Crippen LogP contribution in [0.25, 0.3) is 11.5 Å². The van der Waals surface area contributed by atoms with E-state index in [1.165, 1.54) is 11.5 Å². The van der Waals surface area contributed by atoms with Gasteiger partial charge in [0.2, 0.25) is 0 Å². The molecule has 18 heavy (non-hydrogen) atoms. The van der Waals surface area contributed by atoms with Crippen LogP contribution in [-0.2, 0) is 4.74 Å². The van der Waals surface area contributed by atoms with Gasteiger partial charge in [-0.1, -0.05) is 5.16 Å². The Kier molecular flexibility index (Phi) is 3.00. The molecule has 1 atom stereocenters. The highest BCUT2D eigenvalue weighted by molar-refractivity contribution is 7.10. The van der Waals surface area contributed by atoms with Crippen molar-refractivity contribution in [3.63, 3.8) is 0 Å². The summed E-state index contributed by atoms with van der Waals surface area (Å²) in [6.45, 7) is 3.39. The minimum Gasteiger partial charge on any atom is -0.381 e. The number of hydrogen-bond acceptors (Lipinski definition) is 7. The third-order valence-corrected chi connectivity index (χ3v) is 4.00. The molecule has 1 saturated heterocycles. The summed E-state index contributed by atoms with van der Waals surface area (Å²) in [7, 11) is 1.86. The van der Waals surface area contributed by atoms with Gasteiger partial charge in [-0.05, 0) is 24.9 Å². The van der Waals surface area contributed by atoms with Crippen LogP contribution in [-0.4, -0.2) is 34.8 Å². The molecule has 0 bridgehead atoms. The molecule has 2 aromatic heterocycles. The standard InChI is InChI=1S/C11H14N4O2S/c1-6-8(11(12-2)18-15-6)10-13-9(14-17-10)7-3-4-16-5-7/h7,12H,3-5H2,1-2H3. The van der Waals surface area contributed by atoms with E-state index in [4.69, 9.17) is 9.26 Å². The van der Waals surface area contributed by atoms with Crippen molar-refractivity contribution in [2.45, 2.75) is 19.3 Å². The van der Waals surface area contributed by atoms with Gasteiger partial charge in [-0.3, -0.25) is 0 Å². The highest BCUT2D eigenvalue weighted by Gasteiger charge is 2.25. The van der Waals surface area contributed by atoms with Gasteiger partial charge in [0.25, 0.3) is 5.89 Å². The van der Waals surface area contributed by atoms with E-state index in [1.54, 1.807) is 0 Å². The summed E-state index contributed by atoms with van der Waals surface area (Å²) < 4.78 is 15.0. The van der Waals surface area contributed by atoms with E-state index in [2.05, 4.69) is 19.8 Å². The first-order chi connectivity index (χ1) is 8.79. The van der Waals surface area contributed by atoms with E-state index >= 15 is 0 Å². The van der Waals surface area contributed by atoms with E-state index in [9.17, 15) is 0 Å². The van der Waals surface area contributed by atoms with E-state index in [1.807, 2.05) is 14.0 Å². The average molecular weight is 266 g/mol. The number of aryl methyl sites for hydroxylation is 1. The van der Waals surface area contributed by atoms with Gasteiger partial charge in [0, 0.05) is 19.6 Å². The molecule has 0 spiro atoms. The second kappa shape index (κ2) is 4.66.